The first-order valence-corrected chi connectivity index (χ1v) is 7.59. The van der Waals surface area contributed by atoms with Crippen molar-refractivity contribution < 1.29 is 19.0 Å². The summed E-state index contributed by atoms with van der Waals surface area (Å²) in [5.41, 5.74) is -0.241. The van der Waals surface area contributed by atoms with Crippen LogP contribution in [0.1, 0.15) is 32.3 Å². The van der Waals surface area contributed by atoms with Crippen LogP contribution in [0.3, 0.4) is 0 Å². The van der Waals surface area contributed by atoms with E-state index < -0.39 is 11.4 Å². The highest BCUT2D eigenvalue weighted by molar-refractivity contribution is 5.82. The van der Waals surface area contributed by atoms with Crippen LogP contribution in [0, 0.1) is 16.7 Å². The normalized spacial score (nSPS) is 24.5. The van der Waals surface area contributed by atoms with Gasteiger partial charge in [-0.15, -0.1) is 0 Å². The number of carbonyl (C=O) groups excluding carboxylic acids is 1. The molecule has 22 heavy (non-hydrogen) atoms. The van der Waals surface area contributed by atoms with Crippen molar-refractivity contribution in [3.05, 3.63) is 29.8 Å². The van der Waals surface area contributed by atoms with Gasteiger partial charge in [-0.25, -0.2) is 4.79 Å². The van der Waals surface area contributed by atoms with Crippen LogP contribution in [0.25, 0.3) is 0 Å². The molecule has 1 aromatic rings. The van der Waals surface area contributed by atoms with E-state index in [1.54, 1.807) is 12.1 Å². The van der Waals surface area contributed by atoms with Gasteiger partial charge in [0.25, 0.3) is 0 Å². The molecule has 1 heterocycles. The third-order valence-corrected chi connectivity index (χ3v) is 3.70. The minimum Gasteiger partial charge on any atom is -0.425 e. The van der Waals surface area contributed by atoms with Crippen LogP contribution in [0.2, 0.25) is 0 Å². The topological polar surface area (TPSA) is 68.5 Å². The zero-order valence-corrected chi connectivity index (χ0v) is 13.0. The Morgan fingerprint density at radius 1 is 1.32 bits per heavy atom. The number of benzene rings is 1. The van der Waals surface area contributed by atoms with Gasteiger partial charge in [0.15, 0.2) is 6.29 Å². The Bertz CT molecular complexity index is 539. The highest BCUT2D eigenvalue weighted by Gasteiger charge is 2.46. The maximum Gasteiger partial charge on any atom is 0.336 e. The molecule has 0 saturated carbocycles. The van der Waals surface area contributed by atoms with Crippen LogP contribution in [0.4, 0.5) is 0 Å². The molecule has 0 aromatic heterocycles. The first kappa shape index (κ1) is 16.5. The van der Waals surface area contributed by atoms with Crippen molar-refractivity contribution in [2.24, 2.45) is 5.41 Å². The van der Waals surface area contributed by atoms with Crippen molar-refractivity contribution in [3.8, 4) is 11.8 Å². The van der Waals surface area contributed by atoms with Gasteiger partial charge >= 0.3 is 5.97 Å². The van der Waals surface area contributed by atoms with E-state index in [0.29, 0.717) is 5.75 Å². The van der Waals surface area contributed by atoms with Gasteiger partial charge in [0, 0.05) is 0 Å². The summed E-state index contributed by atoms with van der Waals surface area (Å²) in [5, 5.41) is 9.38. The minimum absolute atomic E-state index is 0.0000432. The quantitative estimate of drug-likeness (QED) is 0.618. The van der Waals surface area contributed by atoms with Gasteiger partial charge in [0.1, 0.15) is 5.75 Å². The van der Waals surface area contributed by atoms with Crippen molar-refractivity contribution in [2.45, 2.75) is 39.4 Å². The number of ether oxygens (including phenoxy) is 3. The van der Waals surface area contributed by atoms with Gasteiger partial charge in [-0.05, 0) is 30.5 Å². The SMILES string of the molecule is CCCC1OCC(C#N)(C(=O)Oc2ccc(CC)cc2)CO1. The van der Waals surface area contributed by atoms with Crippen LogP contribution in [-0.4, -0.2) is 25.5 Å². The van der Waals surface area contributed by atoms with Crippen molar-refractivity contribution >= 4 is 5.97 Å². The zero-order valence-electron chi connectivity index (χ0n) is 13.0. The van der Waals surface area contributed by atoms with Gasteiger partial charge in [-0.3, -0.25) is 0 Å². The predicted octanol–water partition coefficient (Wildman–Crippen LogP) is 2.84. The van der Waals surface area contributed by atoms with E-state index in [1.165, 1.54) is 0 Å². The van der Waals surface area contributed by atoms with E-state index in [0.717, 1.165) is 24.8 Å². The van der Waals surface area contributed by atoms with Crippen LogP contribution in [0.5, 0.6) is 5.75 Å². The summed E-state index contributed by atoms with van der Waals surface area (Å²) in [6.07, 6.45) is 2.23. The van der Waals surface area contributed by atoms with Crippen LogP contribution >= 0.6 is 0 Å². The lowest BCUT2D eigenvalue weighted by Crippen LogP contribution is -2.48. The van der Waals surface area contributed by atoms with E-state index in [4.69, 9.17) is 14.2 Å². The van der Waals surface area contributed by atoms with E-state index in [1.807, 2.05) is 25.1 Å². The summed E-state index contributed by atoms with van der Waals surface area (Å²) in [6.45, 7) is 4.07. The highest BCUT2D eigenvalue weighted by atomic mass is 16.7. The van der Waals surface area contributed by atoms with Gasteiger partial charge < -0.3 is 14.2 Å². The van der Waals surface area contributed by atoms with Gasteiger partial charge in [0.2, 0.25) is 5.41 Å². The van der Waals surface area contributed by atoms with Crippen LogP contribution < -0.4 is 4.74 Å². The van der Waals surface area contributed by atoms with Crippen molar-refractivity contribution in [1.29, 1.82) is 5.26 Å². The Hall–Kier alpha value is -1.90. The minimum atomic E-state index is -1.40. The molecule has 1 aliphatic heterocycles. The molecule has 1 aromatic carbocycles. The average molecular weight is 303 g/mol. The number of carbonyl (C=O) groups is 1. The third kappa shape index (κ3) is 3.65. The summed E-state index contributed by atoms with van der Waals surface area (Å²) in [6, 6.07) is 9.25. The van der Waals surface area contributed by atoms with Gasteiger partial charge in [0.05, 0.1) is 19.3 Å². The predicted molar refractivity (Wildman–Crippen MR) is 80.1 cm³/mol. The Kier molecular flexibility index (Phi) is 5.53. The monoisotopic (exact) mass is 303 g/mol. The second-order valence-electron chi connectivity index (χ2n) is 5.42. The van der Waals surface area contributed by atoms with Crippen LogP contribution in [-0.2, 0) is 20.7 Å². The van der Waals surface area contributed by atoms with Crippen molar-refractivity contribution in [2.75, 3.05) is 13.2 Å². The average Bonchev–Trinajstić information content (AvgIpc) is 2.56. The second-order valence-corrected chi connectivity index (χ2v) is 5.42. The largest absolute Gasteiger partial charge is 0.425 e. The Morgan fingerprint density at radius 3 is 2.45 bits per heavy atom. The lowest BCUT2D eigenvalue weighted by atomic mass is 9.91. The number of nitrogens with zero attached hydrogens (tertiary/aromatic N) is 1. The van der Waals surface area contributed by atoms with E-state index in [2.05, 4.69) is 6.92 Å². The summed E-state index contributed by atoms with van der Waals surface area (Å²) < 4.78 is 16.3. The second kappa shape index (κ2) is 7.39. The molecule has 0 amide bonds. The molecule has 0 radical (unpaired) electrons. The molecule has 0 atom stereocenters. The van der Waals surface area contributed by atoms with Gasteiger partial charge in [-0.1, -0.05) is 32.4 Å². The summed E-state index contributed by atoms with van der Waals surface area (Å²) >= 11 is 0. The Labute approximate surface area is 130 Å². The molecule has 0 bridgehead atoms. The molecule has 2 rings (SSSR count). The molecule has 118 valence electrons. The molecule has 5 heteroatoms. The number of rotatable bonds is 5. The smallest absolute Gasteiger partial charge is 0.336 e. The maximum absolute atomic E-state index is 12.3. The molecule has 1 aliphatic rings. The molecule has 1 saturated heterocycles. The number of hydrogen-bond donors (Lipinski definition) is 0. The standard InChI is InChI=1S/C17H21NO4/c1-3-5-15-20-11-17(10-18,12-21-15)16(19)22-14-8-6-13(4-2)7-9-14/h6-9,15H,3-5,11-12H2,1-2H3. The lowest BCUT2D eigenvalue weighted by molar-refractivity contribution is -0.222. The van der Waals surface area contributed by atoms with E-state index in [9.17, 15) is 10.1 Å². The fraction of sp³-hybridized carbons (Fsp3) is 0.529. The van der Waals surface area contributed by atoms with E-state index in [-0.39, 0.29) is 19.5 Å². The van der Waals surface area contributed by atoms with Crippen molar-refractivity contribution in [3.63, 3.8) is 0 Å². The number of aryl methyl sites for hydroxylation is 1. The molecule has 0 spiro atoms. The Balaban J connectivity index is 2.01. The number of nitriles is 1. The summed E-state index contributed by atoms with van der Waals surface area (Å²) in [5.74, 6) is -0.207. The molecular formula is C17H21NO4. The lowest BCUT2D eigenvalue weighted by Gasteiger charge is -2.33. The molecule has 0 N–H and O–H groups in total. The molecule has 1 fully saturated rings. The number of esters is 1. The van der Waals surface area contributed by atoms with Crippen LogP contribution in [0.15, 0.2) is 24.3 Å². The molecule has 5 nitrogen and oxygen atoms in total. The van der Waals surface area contributed by atoms with Crippen molar-refractivity contribution in [1.82, 2.24) is 0 Å². The highest BCUT2D eigenvalue weighted by Crippen LogP contribution is 2.28. The van der Waals surface area contributed by atoms with E-state index >= 15 is 0 Å². The molecule has 0 aliphatic carbocycles. The summed E-state index contributed by atoms with van der Waals surface area (Å²) in [7, 11) is 0. The van der Waals surface area contributed by atoms with Gasteiger partial charge in [-0.2, -0.15) is 5.26 Å². The first-order chi connectivity index (χ1) is 10.6. The summed E-state index contributed by atoms with van der Waals surface area (Å²) in [4.78, 5) is 12.3. The zero-order chi connectivity index (χ0) is 16.0. The number of hydrogen-bond acceptors (Lipinski definition) is 5. The third-order valence-electron chi connectivity index (χ3n) is 3.70. The fourth-order valence-electron chi connectivity index (χ4n) is 2.19. The Morgan fingerprint density at radius 2 is 1.95 bits per heavy atom. The maximum atomic E-state index is 12.3. The molecule has 0 unspecified atom stereocenters. The molecular weight excluding hydrogens is 282 g/mol. The first-order valence-electron chi connectivity index (χ1n) is 7.59. The fourth-order valence-corrected chi connectivity index (χ4v) is 2.19.